The first kappa shape index (κ1) is 15.7. The Balaban J connectivity index is 1.88. The molecule has 5 nitrogen and oxygen atoms in total. The summed E-state index contributed by atoms with van der Waals surface area (Å²) in [5.74, 6) is 0.882. The molecule has 4 aromatic rings. The van der Waals surface area contributed by atoms with Crippen LogP contribution in [0.15, 0.2) is 36.7 Å². The van der Waals surface area contributed by atoms with E-state index >= 15 is 0 Å². The minimum absolute atomic E-state index is 0.171. The number of nitrogens with one attached hydrogen (secondary N) is 1. The Morgan fingerprint density at radius 3 is 2.52 bits per heavy atom. The molecule has 128 valence electrons. The zero-order chi connectivity index (χ0) is 17.6. The van der Waals surface area contributed by atoms with Crippen molar-refractivity contribution >= 4 is 21.9 Å². The Morgan fingerprint density at radius 1 is 1.12 bits per heavy atom. The van der Waals surface area contributed by atoms with Gasteiger partial charge in [-0.15, -0.1) is 0 Å². The Labute approximate surface area is 146 Å². The number of aromatic nitrogens is 4. The molecule has 0 fully saturated rings. The fourth-order valence-electron chi connectivity index (χ4n) is 3.36. The van der Waals surface area contributed by atoms with E-state index in [9.17, 15) is 0 Å². The minimum atomic E-state index is 0.171. The van der Waals surface area contributed by atoms with Crippen molar-refractivity contribution in [2.24, 2.45) is 7.05 Å². The molecule has 4 rings (SSSR count). The van der Waals surface area contributed by atoms with E-state index in [4.69, 9.17) is 4.74 Å². The van der Waals surface area contributed by atoms with Gasteiger partial charge in [-0.05, 0) is 50.1 Å². The molecule has 0 atom stereocenters. The lowest BCUT2D eigenvalue weighted by atomic mass is 10.1. The highest BCUT2D eigenvalue weighted by atomic mass is 16.5. The SMILES string of the molecule is CCc1cnc2ncc3c(-c4ccc(OC(C)C)cc4)[nH]n(C)c3c12. The number of hydrogen-bond donors (Lipinski definition) is 1. The molecular formula is C20H22N4O. The number of aromatic amines is 1. The number of hydrogen-bond acceptors (Lipinski definition) is 3. The summed E-state index contributed by atoms with van der Waals surface area (Å²) in [6, 6.07) is 8.18. The number of nitrogens with zero attached hydrogens (tertiary/aromatic N) is 3. The molecule has 0 saturated heterocycles. The van der Waals surface area contributed by atoms with Gasteiger partial charge in [-0.3, -0.25) is 9.78 Å². The zero-order valence-corrected chi connectivity index (χ0v) is 15.0. The van der Waals surface area contributed by atoms with Gasteiger partial charge in [0.1, 0.15) is 5.75 Å². The van der Waals surface area contributed by atoms with Gasteiger partial charge in [-0.2, -0.15) is 0 Å². The molecule has 0 radical (unpaired) electrons. The molecule has 25 heavy (non-hydrogen) atoms. The molecule has 0 bridgehead atoms. The summed E-state index contributed by atoms with van der Waals surface area (Å²) in [7, 11) is 2.04. The summed E-state index contributed by atoms with van der Waals surface area (Å²) in [4.78, 5) is 9.01. The van der Waals surface area contributed by atoms with Crippen molar-refractivity contribution in [3.05, 3.63) is 42.2 Å². The summed E-state index contributed by atoms with van der Waals surface area (Å²) in [6.45, 7) is 6.21. The third-order valence-electron chi connectivity index (χ3n) is 4.48. The Kier molecular flexibility index (Phi) is 3.71. The average Bonchev–Trinajstić information content (AvgIpc) is 3.16. The summed E-state index contributed by atoms with van der Waals surface area (Å²) in [5.41, 5.74) is 5.37. The predicted octanol–water partition coefficient (Wildman–Crippen LogP) is 4.47. The van der Waals surface area contributed by atoms with E-state index in [1.54, 1.807) is 0 Å². The summed E-state index contributed by atoms with van der Waals surface area (Å²) in [5, 5.41) is 5.72. The fraction of sp³-hybridized carbons (Fsp3) is 0.300. The van der Waals surface area contributed by atoms with Gasteiger partial charge in [0, 0.05) is 35.8 Å². The highest BCUT2D eigenvalue weighted by Gasteiger charge is 2.16. The second kappa shape index (κ2) is 5.92. The van der Waals surface area contributed by atoms with Crippen LogP contribution in [0, 0.1) is 0 Å². The number of benzene rings is 1. The standard InChI is InChI=1S/C20H22N4O/c1-5-13-10-21-20-17(13)19-16(11-22-20)18(23-24(19)4)14-6-8-15(9-7-14)25-12(2)3/h6-12,23H,5H2,1-4H3. The molecular weight excluding hydrogens is 312 g/mol. The van der Waals surface area contributed by atoms with Crippen molar-refractivity contribution in [2.45, 2.75) is 33.3 Å². The number of ether oxygens (including phenoxy) is 1. The number of fused-ring (bicyclic) bond motifs is 3. The van der Waals surface area contributed by atoms with Gasteiger partial charge in [0.2, 0.25) is 0 Å². The second-order valence-corrected chi connectivity index (χ2v) is 6.59. The van der Waals surface area contributed by atoms with Gasteiger partial charge in [0.25, 0.3) is 0 Å². The van der Waals surface area contributed by atoms with Crippen LogP contribution >= 0.6 is 0 Å². The normalized spacial score (nSPS) is 11.7. The first-order valence-electron chi connectivity index (χ1n) is 8.66. The highest BCUT2D eigenvalue weighted by molar-refractivity contribution is 6.08. The lowest BCUT2D eigenvalue weighted by Gasteiger charge is -2.09. The van der Waals surface area contributed by atoms with Gasteiger partial charge in [-0.25, -0.2) is 9.97 Å². The molecule has 5 heteroatoms. The molecule has 1 N–H and O–H groups in total. The number of pyridine rings is 1. The van der Waals surface area contributed by atoms with Crippen molar-refractivity contribution in [3.8, 4) is 17.0 Å². The average molecular weight is 334 g/mol. The van der Waals surface area contributed by atoms with E-state index in [0.29, 0.717) is 0 Å². The van der Waals surface area contributed by atoms with Crippen LogP contribution < -0.4 is 4.74 Å². The molecule has 0 aliphatic rings. The summed E-state index contributed by atoms with van der Waals surface area (Å²) < 4.78 is 7.80. The topological polar surface area (TPSA) is 55.7 Å². The van der Waals surface area contributed by atoms with Crippen LogP contribution in [0.1, 0.15) is 26.3 Å². The third kappa shape index (κ3) is 2.56. The number of aryl methyl sites for hydroxylation is 2. The summed E-state index contributed by atoms with van der Waals surface area (Å²) in [6.07, 6.45) is 4.96. The maximum atomic E-state index is 5.74. The van der Waals surface area contributed by atoms with Gasteiger partial charge < -0.3 is 4.74 Å². The minimum Gasteiger partial charge on any atom is -0.491 e. The van der Waals surface area contributed by atoms with Crippen molar-refractivity contribution in [1.29, 1.82) is 0 Å². The van der Waals surface area contributed by atoms with E-state index in [-0.39, 0.29) is 6.10 Å². The number of rotatable bonds is 4. The van der Waals surface area contributed by atoms with Crippen molar-refractivity contribution in [2.75, 3.05) is 0 Å². The van der Waals surface area contributed by atoms with Gasteiger partial charge in [-0.1, -0.05) is 6.92 Å². The van der Waals surface area contributed by atoms with Crippen LogP contribution in [-0.4, -0.2) is 25.9 Å². The maximum Gasteiger partial charge on any atom is 0.161 e. The molecule has 3 aromatic heterocycles. The van der Waals surface area contributed by atoms with Gasteiger partial charge in [0.15, 0.2) is 5.65 Å². The molecule has 0 amide bonds. The van der Waals surface area contributed by atoms with E-state index < -0.39 is 0 Å². The Morgan fingerprint density at radius 2 is 1.84 bits per heavy atom. The van der Waals surface area contributed by atoms with Crippen LogP contribution in [0.2, 0.25) is 0 Å². The van der Waals surface area contributed by atoms with E-state index in [0.717, 1.165) is 45.4 Å². The van der Waals surface area contributed by atoms with Crippen LogP contribution in [-0.2, 0) is 13.5 Å². The van der Waals surface area contributed by atoms with Gasteiger partial charge in [0.05, 0.1) is 17.3 Å². The summed E-state index contributed by atoms with van der Waals surface area (Å²) >= 11 is 0. The van der Waals surface area contributed by atoms with E-state index in [2.05, 4.69) is 38.8 Å². The van der Waals surface area contributed by atoms with Crippen LogP contribution in [0.4, 0.5) is 0 Å². The van der Waals surface area contributed by atoms with Crippen molar-refractivity contribution in [1.82, 2.24) is 19.7 Å². The van der Waals surface area contributed by atoms with Crippen LogP contribution in [0.3, 0.4) is 0 Å². The first-order valence-corrected chi connectivity index (χ1v) is 8.66. The van der Waals surface area contributed by atoms with E-state index in [1.165, 1.54) is 5.56 Å². The second-order valence-electron chi connectivity index (χ2n) is 6.59. The lowest BCUT2D eigenvalue weighted by molar-refractivity contribution is 0.242. The molecule has 0 saturated carbocycles. The first-order chi connectivity index (χ1) is 12.1. The van der Waals surface area contributed by atoms with Crippen LogP contribution in [0.5, 0.6) is 5.75 Å². The third-order valence-corrected chi connectivity index (χ3v) is 4.48. The molecule has 0 aliphatic heterocycles. The van der Waals surface area contributed by atoms with Crippen LogP contribution in [0.25, 0.3) is 33.2 Å². The molecule has 3 heterocycles. The lowest BCUT2D eigenvalue weighted by Crippen LogP contribution is -2.05. The number of H-pyrrole nitrogens is 1. The Bertz CT molecular complexity index is 1040. The van der Waals surface area contributed by atoms with Crippen molar-refractivity contribution < 1.29 is 4.74 Å². The van der Waals surface area contributed by atoms with E-state index in [1.807, 2.05) is 45.4 Å². The molecule has 0 unspecified atom stereocenters. The molecule has 0 aliphatic carbocycles. The maximum absolute atomic E-state index is 5.74. The zero-order valence-electron chi connectivity index (χ0n) is 15.0. The quantitative estimate of drug-likeness (QED) is 0.599. The molecule has 0 spiro atoms. The monoisotopic (exact) mass is 334 g/mol. The smallest absolute Gasteiger partial charge is 0.161 e. The highest BCUT2D eigenvalue weighted by Crippen LogP contribution is 2.33. The molecule has 1 aromatic carbocycles. The predicted molar refractivity (Wildman–Crippen MR) is 101 cm³/mol. The van der Waals surface area contributed by atoms with Crippen molar-refractivity contribution in [3.63, 3.8) is 0 Å². The van der Waals surface area contributed by atoms with Gasteiger partial charge >= 0.3 is 0 Å². The largest absolute Gasteiger partial charge is 0.491 e. The Hall–Kier alpha value is -2.82. The fourth-order valence-corrected chi connectivity index (χ4v) is 3.36.